The Balaban J connectivity index is 1.38. The lowest BCUT2D eigenvalue weighted by atomic mass is 10.00. The second kappa shape index (κ2) is 9.39. The van der Waals surface area contributed by atoms with Gasteiger partial charge in [0.15, 0.2) is 6.61 Å². The Hall–Kier alpha value is -3.76. The second-order valence-corrected chi connectivity index (χ2v) is 7.41. The largest absolute Gasteiger partial charge is 0.468 e. The van der Waals surface area contributed by atoms with E-state index in [4.69, 9.17) is 0 Å². The molecule has 0 aliphatic carbocycles. The standard InChI is InChI=1S/C22H19F4N5O2/c23-18-4-2-16(3-5-18)17-7-9-30(10-8-17)20-28-14-31(21(32)29-20)12-15-1-6-19(27-11-15)33-13-22(24,25)26/h1-7,11,14H,8-10,12-13H2. The predicted octanol–water partition coefficient (Wildman–Crippen LogP) is 3.46. The molecule has 1 aromatic carbocycles. The maximum atomic E-state index is 13.1. The van der Waals surface area contributed by atoms with Crippen molar-refractivity contribution in [2.45, 2.75) is 19.1 Å². The molecule has 4 rings (SSSR count). The summed E-state index contributed by atoms with van der Waals surface area (Å²) in [6.07, 6.45) is 0.960. The molecule has 3 heterocycles. The Morgan fingerprint density at radius 3 is 2.45 bits per heavy atom. The number of rotatable bonds is 6. The Kier molecular flexibility index (Phi) is 6.38. The molecule has 2 aromatic heterocycles. The third-order valence-corrected chi connectivity index (χ3v) is 5.00. The fourth-order valence-corrected chi connectivity index (χ4v) is 3.33. The summed E-state index contributed by atoms with van der Waals surface area (Å²) >= 11 is 0. The summed E-state index contributed by atoms with van der Waals surface area (Å²) < 4.78 is 55.6. The van der Waals surface area contributed by atoms with Crippen LogP contribution in [-0.4, -0.2) is 45.4 Å². The SMILES string of the molecule is O=c1nc(N2CC=C(c3ccc(F)cc3)CC2)ncn1Cc1ccc(OCC(F)(F)F)nc1. The van der Waals surface area contributed by atoms with E-state index in [0.717, 1.165) is 11.1 Å². The van der Waals surface area contributed by atoms with E-state index in [2.05, 4.69) is 19.7 Å². The third-order valence-electron chi connectivity index (χ3n) is 5.00. The number of hydrogen-bond donors (Lipinski definition) is 0. The first-order valence-corrected chi connectivity index (χ1v) is 10.0. The molecule has 11 heteroatoms. The van der Waals surface area contributed by atoms with Crippen LogP contribution in [0.25, 0.3) is 5.57 Å². The average molecular weight is 461 g/mol. The van der Waals surface area contributed by atoms with Gasteiger partial charge in [-0.15, -0.1) is 0 Å². The summed E-state index contributed by atoms with van der Waals surface area (Å²) in [6.45, 7) is -0.194. The summed E-state index contributed by atoms with van der Waals surface area (Å²) in [5.41, 5.74) is 2.12. The number of benzene rings is 1. The van der Waals surface area contributed by atoms with Crippen molar-refractivity contribution in [2.75, 3.05) is 24.6 Å². The molecular weight excluding hydrogens is 442 g/mol. The minimum atomic E-state index is -4.45. The lowest BCUT2D eigenvalue weighted by Gasteiger charge is -2.26. The van der Waals surface area contributed by atoms with Gasteiger partial charge < -0.3 is 9.64 Å². The summed E-state index contributed by atoms with van der Waals surface area (Å²) in [5, 5.41) is 0. The third kappa shape index (κ3) is 5.93. The van der Waals surface area contributed by atoms with Crippen LogP contribution in [0.4, 0.5) is 23.5 Å². The molecule has 3 aromatic rings. The van der Waals surface area contributed by atoms with Crippen molar-refractivity contribution >= 4 is 11.5 Å². The lowest BCUT2D eigenvalue weighted by Crippen LogP contribution is -2.34. The smallest absolute Gasteiger partial charge is 0.422 e. The first kappa shape index (κ1) is 22.4. The quantitative estimate of drug-likeness (QED) is 0.524. The van der Waals surface area contributed by atoms with E-state index in [1.165, 1.54) is 41.4 Å². The number of hydrogen-bond acceptors (Lipinski definition) is 6. The summed E-state index contributed by atoms with van der Waals surface area (Å²) in [4.78, 5) is 26.5. The van der Waals surface area contributed by atoms with E-state index < -0.39 is 18.5 Å². The zero-order valence-electron chi connectivity index (χ0n) is 17.3. The van der Waals surface area contributed by atoms with Gasteiger partial charge in [-0.2, -0.15) is 18.2 Å². The molecule has 33 heavy (non-hydrogen) atoms. The molecule has 0 bridgehead atoms. The predicted molar refractivity (Wildman–Crippen MR) is 112 cm³/mol. The molecule has 172 valence electrons. The maximum absolute atomic E-state index is 13.1. The van der Waals surface area contributed by atoms with E-state index in [9.17, 15) is 22.4 Å². The fraction of sp³-hybridized carbons (Fsp3) is 0.273. The van der Waals surface area contributed by atoms with Crippen molar-refractivity contribution in [3.8, 4) is 5.88 Å². The van der Waals surface area contributed by atoms with Crippen LogP contribution in [0.3, 0.4) is 0 Å². The van der Waals surface area contributed by atoms with E-state index in [1.807, 2.05) is 11.0 Å². The average Bonchev–Trinajstić information content (AvgIpc) is 2.80. The molecule has 0 atom stereocenters. The van der Waals surface area contributed by atoms with E-state index in [-0.39, 0.29) is 18.2 Å². The molecule has 1 aliphatic heterocycles. The van der Waals surface area contributed by atoms with E-state index in [0.29, 0.717) is 31.0 Å². The fourth-order valence-electron chi connectivity index (χ4n) is 3.33. The number of aromatic nitrogens is 4. The van der Waals surface area contributed by atoms with Crippen LogP contribution >= 0.6 is 0 Å². The summed E-state index contributed by atoms with van der Waals surface area (Å²) in [7, 11) is 0. The number of alkyl halides is 3. The minimum Gasteiger partial charge on any atom is -0.468 e. The molecule has 0 N–H and O–H groups in total. The van der Waals surface area contributed by atoms with Crippen molar-refractivity contribution in [3.63, 3.8) is 0 Å². The van der Waals surface area contributed by atoms with Crippen LogP contribution in [0.15, 0.2) is 59.8 Å². The van der Waals surface area contributed by atoms with Gasteiger partial charge in [0.2, 0.25) is 11.8 Å². The monoisotopic (exact) mass is 461 g/mol. The Labute approximate surface area is 186 Å². The molecule has 0 radical (unpaired) electrons. The number of pyridine rings is 1. The van der Waals surface area contributed by atoms with Crippen molar-refractivity contribution < 1.29 is 22.3 Å². The normalized spacial score (nSPS) is 14.2. The zero-order valence-corrected chi connectivity index (χ0v) is 17.3. The summed E-state index contributed by atoms with van der Waals surface area (Å²) in [6, 6.07) is 9.14. The Morgan fingerprint density at radius 2 is 1.85 bits per heavy atom. The maximum Gasteiger partial charge on any atom is 0.422 e. The second-order valence-electron chi connectivity index (χ2n) is 7.41. The van der Waals surface area contributed by atoms with Gasteiger partial charge in [0.05, 0.1) is 6.54 Å². The van der Waals surface area contributed by atoms with Gasteiger partial charge in [-0.1, -0.05) is 24.3 Å². The number of nitrogens with zero attached hydrogens (tertiary/aromatic N) is 5. The van der Waals surface area contributed by atoms with Gasteiger partial charge in [-0.25, -0.2) is 19.2 Å². The van der Waals surface area contributed by atoms with Crippen LogP contribution < -0.4 is 15.3 Å². The first-order valence-electron chi connectivity index (χ1n) is 10.0. The molecule has 0 fully saturated rings. The van der Waals surface area contributed by atoms with Gasteiger partial charge in [0.25, 0.3) is 0 Å². The van der Waals surface area contributed by atoms with Crippen LogP contribution in [0.1, 0.15) is 17.5 Å². The van der Waals surface area contributed by atoms with Gasteiger partial charge in [0.1, 0.15) is 12.1 Å². The topological polar surface area (TPSA) is 73.1 Å². The van der Waals surface area contributed by atoms with Crippen molar-refractivity contribution in [1.82, 2.24) is 19.5 Å². The van der Waals surface area contributed by atoms with Crippen LogP contribution in [0, 0.1) is 5.82 Å². The van der Waals surface area contributed by atoms with Gasteiger partial charge in [-0.05, 0) is 35.3 Å². The number of anilines is 1. The Bertz CT molecular complexity index is 1190. The molecule has 0 saturated carbocycles. The van der Waals surface area contributed by atoms with E-state index >= 15 is 0 Å². The highest BCUT2D eigenvalue weighted by Gasteiger charge is 2.28. The molecule has 0 unspecified atom stereocenters. The van der Waals surface area contributed by atoms with Crippen LogP contribution in [-0.2, 0) is 6.54 Å². The summed E-state index contributed by atoms with van der Waals surface area (Å²) in [5.74, 6) is -0.139. The highest BCUT2D eigenvalue weighted by molar-refractivity contribution is 5.68. The van der Waals surface area contributed by atoms with Crippen LogP contribution in [0.2, 0.25) is 0 Å². The Morgan fingerprint density at radius 1 is 1.06 bits per heavy atom. The highest BCUT2D eigenvalue weighted by atomic mass is 19.4. The van der Waals surface area contributed by atoms with Crippen molar-refractivity contribution in [2.24, 2.45) is 0 Å². The van der Waals surface area contributed by atoms with Crippen LogP contribution in [0.5, 0.6) is 5.88 Å². The van der Waals surface area contributed by atoms with Gasteiger partial charge in [0, 0.05) is 25.4 Å². The zero-order chi connectivity index (χ0) is 23.4. The van der Waals surface area contributed by atoms with E-state index in [1.54, 1.807) is 12.1 Å². The van der Waals surface area contributed by atoms with Crippen molar-refractivity contribution in [1.29, 1.82) is 0 Å². The molecule has 7 nitrogen and oxygen atoms in total. The molecule has 0 amide bonds. The van der Waals surface area contributed by atoms with Gasteiger partial charge in [-0.3, -0.25) is 4.57 Å². The molecule has 1 aliphatic rings. The number of halogens is 4. The molecule has 0 spiro atoms. The number of ether oxygens (including phenoxy) is 1. The minimum absolute atomic E-state index is 0.111. The highest BCUT2D eigenvalue weighted by Crippen LogP contribution is 2.24. The first-order chi connectivity index (χ1) is 15.8. The lowest BCUT2D eigenvalue weighted by molar-refractivity contribution is -0.154. The van der Waals surface area contributed by atoms with Gasteiger partial charge >= 0.3 is 11.9 Å². The molecule has 0 saturated heterocycles. The van der Waals surface area contributed by atoms with Crippen molar-refractivity contribution in [3.05, 3.63) is 82.4 Å². The molecular formula is C22H19F4N5O2.